The van der Waals surface area contributed by atoms with E-state index in [1.165, 1.54) is 13.2 Å². The van der Waals surface area contributed by atoms with Gasteiger partial charge in [-0.2, -0.15) is 18.2 Å². The molecule has 0 radical (unpaired) electrons. The number of methoxy groups -OCH3 is 1. The summed E-state index contributed by atoms with van der Waals surface area (Å²) in [5.74, 6) is -1.72. The second kappa shape index (κ2) is 4.33. The molecule has 1 heterocycles. The average Bonchev–Trinajstić information content (AvgIpc) is 2.15. The van der Waals surface area contributed by atoms with E-state index < -0.39 is 24.5 Å². The molecule has 0 aliphatic heterocycles. The Hall–Kier alpha value is -1.53. The number of pyridine rings is 1. The molecule has 0 atom stereocenters. The van der Waals surface area contributed by atoms with Crippen LogP contribution in [0.15, 0.2) is 12.1 Å². The van der Waals surface area contributed by atoms with Crippen molar-refractivity contribution in [2.24, 2.45) is 0 Å². The zero-order chi connectivity index (χ0) is 11.5. The fourth-order valence-electron chi connectivity index (χ4n) is 0.772. The molecule has 84 valence electrons. The Kier molecular flexibility index (Phi) is 3.33. The summed E-state index contributed by atoms with van der Waals surface area (Å²) in [6.07, 6.45) is -4.53. The number of alkyl halides is 3. The molecular formula is C8H7F4NO2. The molecule has 1 rings (SSSR count). The van der Waals surface area contributed by atoms with Crippen molar-refractivity contribution >= 4 is 0 Å². The van der Waals surface area contributed by atoms with Gasteiger partial charge in [0.2, 0.25) is 5.88 Å². The van der Waals surface area contributed by atoms with Gasteiger partial charge >= 0.3 is 6.18 Å². The van der Waals surface area contributed by atoms with Crippen molar-refractivity contribution in [2.45, 2.75) is 6.18 Å². The number of aromatic nitrogens is 1. The van der Waals surface area contributed by atoms with Gasteiger partial charge in [0.25, 0.3) is 5.88 Å². The summed E-state index contributed by atoms with van der Waals surface area (Å²) < 4.78 is 56.9. The summed E-state index contributed by atoms with van der Waals surface area (Å²) in [7, 11) is 1.26. The third-order valence-corrected chi connectivity index (χ3v) is 1.37. The molecule has 0 saturated carbocycles. The van der Waals surface area contributed by atoms with E-state index in [-0.39, 0.29) is 5.88 Å². The van der Waals surface area contributed by atoms with E-state index >= 15 is 0 Å². The summed E-state index contributed by atoms with van der Waals surface area (Å²) in [5, 5.41) is 0. The Labute approximate surface area is 82.6 Å². The highest BCUT2D eigenvalue weighted by molar-refractivity contribution is 5.21. The van der Waals surface area contributed by atoms with Gasteiger partial charge < -0.3 is 9.47 Å². The summed E-state index contributed by atoms with van der Waals surface area (Å²) >= 11 is 0. The molecular weight excluding hydrogens is 218 g/mol. The lowest BCUT2D eigenvalue weighted by atomic mass is 10.4. The van der Waals surface area contributed by atoms with Gasteiger partial charge in [-0.05, 0) is 6.07 Å². The van der Waals surface area contributed by atoms with E-state index in [0.717, 1.165) is 6.07 Å². The van der Waals surface area contributed by atoms with Gasteiger partial charge in [0.15, 0.2) is 12.4 Å². The minimum Gasteiger partial charge on any atom is -0.481 e. The summed E-state index contributed by atoms with van der Waals surface area (Å²) in [6, 6.07) is 2.09. The lowest BCUT2D eigenvalue weighted by Crippen LogP contribution is -2.20. The van der Waals surface area contributed by atoms with E-state index in [1.807, 2.05) is 0 Å². The number of rotatable bonds is 3. The smallest absolute Gasteiger partial charge is 0.422 e. The lowest BCUT2D eigenvalue weighted by Gasteiger charge is -2.09. The standard InChI is InChI=1S/C8H7F4NO2/c1-14-6-3-2-5(9)7(13-6)15-4-8(10,11)12/h2-3H,4H2,1H3. The number of nitrogens with zero attached hydrogens (tertiary/aromatic N) is 1. The molecule has 0 unspecified atom stereocenters. The third-order valence-electron chi connectivity index (χ3n) is 1.37. The van der Waals surface area contributed by atoms with Crippen LogP contribution in [0.2, 0.25) is 0 Å². The molecule has 0 saturated heterocycles. The molecule has 0 N–H and O–H groups in total. The third kappa shape index (κ3) is 3.61. The second-order valence-electron chi connectivity index (χ2n) is 2.54. The van der Waals surface area contributed by atoms with E-state index in [2.05, 4.69) is 14.5 Å². The quantitative estimate of drug-likeness (QED) is 0.739. The van der Waals surface area contributed by atoms with Gasteiger partial charge in [0, 0.05) is 6.07 Å². The minimum absolute atomic E-state index is 0.0198. The molecule has 0 aromatic carbocycles. The predicted octanol–water partition coefficient (Wildman–Crippen LogP) is 2.17. The molecule has 7 heteroatoms. The van der Waals surface area contributed by atoms with Gasteiger partial charge in [0.1, 0.15) is 0 Å². The first-order valence-electron chi connectivity index (χ1n) is 3.82. The Morgan fingerprint density at radius 1 is 1.33 bits per heavy atom. The van der Waals surface area contributed by atoms with Crippen LogP contribution in [-0.4, -0.2) is 24.9 Å². The Balaban J connectivity index is 2.75. The summed E-state index contributed by atoms with van der Waals surface area (Å²) in [4.78, 5) is 3.37. The maximum absolute atomic E-state index is 12.9. The predicted molar refractivity (Wildman–Crippen MR) is 42.3 cm³/mol. The molecule has 1 aromatic rings. The van der Waals surface area contributed by atoms with Gasteiger partial charge in [-0.3, -0.25) is 0 Å². The molecule has 0 spiro atoms. The molecule has 0 amide bonds. The Morgan fingerprint density at radius 3 is 2.53 bits per heavy atom. The number of hydrogen-bond acceptors (Lipinski definition) is 3. The van der Waals surface area contributed by atoms with Crippen LogP contribution in [0.4, 0.5) is 17.6 Å². The number of halogens is 4. The van der Waals surface area contributed by atoms with Crippen molar-refractivity contribution in [1.82, 2.24) is 4.98 Å². The van der Waals surface area contributed by atoms with Crippen molar-refractivity contribution in [1.29, 1.82) is 0 Å². The van der Waals surface area contributed by atoms with Crippen LogP contribution in [0, 0.1) is 5.82 Å². The van der Waals surface area contributed by atoms with Crippen molar-refractivity contribution in [3.05, 3.63) is 17.9 Å². The highest BCUT2D eigenvalue weighted by Crippen LogP contribution is 2.21. The fraction of sp³-hybridized carbons (Fsp3) is 0.375. The molecule has 0 fully saturated rings. The first kappa shape index (κ1) is 11.5. The normalized spacial score (nSPS) is 11.3. The van der Waals surface area contributed by atoms with E-state index in [9.17, 15) is 17.6 Å². The Morgan fingerprint density at radius 2 is 2.00 bits per heavy atom. The van der Waals surface area contributed by atoms with Crippen LogP contribution in [0.5, 0.6) is 11.8 Å². The molecule has 3 nitrogen and oxygen atoms in total. The summed E-state index contributed by atoms with van der Waals surface area (Å²) in [6.45, 7) is -1.59. The van der Waals surface area contributed by atoms with Crippen LogP contribution in [-0.2, 0) is 0 Å². The van der Waals surface area contributed by atoms with E-state index in [4.69, 9.17) is 0 Å². The maximum Gasteiger partial charge on any atom is 0.422 e. The zero-order valence-electron chi connectivity index (χ0n) is 7.64. The maximum atomic E-state index is 12.9. The van der Waals surface area contributed by atoms with Crippen LogP contribution in [0.25, 0.3) is 0 Å². The first-order valence-corrected chi connectivity index (χ1v) is 3.82. The zero-order valence-corrected chi connectivity index (χ0v) is 7.64. The van der Waals surface area contributed by atoms with Crippen molar-refractivity contribution in [2.75, 3.05) is 13.7 Å². The molecule has 0 aliphatic carbocycles. The van der Waals surface area contributed by atoms with Crippen LogP contribution in [0.3, 0.4) is 0 Å². The van der Waals surface area contributed by atoms with Crippen molar-refractivity contribution < 1.29 is 27.0 Å². The van der Waals surface area contributed by atoms with Gasteiger partial charge in [-0.15, -0.1) is 0 Å². The van der Waals surface area contributed by atoms with Gasteiger partial charge in [-0.25, -0.2) is 4.39 Å². The average molecular weight is 225 g/mol. The topological polar surface area (TPSA) is 31.4 Å². The van der Waals surface area contributed by atoms with Crippen molar-refractivity contribution in [3.63, 3.8) is 0 Å². The van der Waals surface area contributed by atoms with Gasteiger partial charge in [0.05, 0.1) is 7.11 Å². The highest BCUT2D eigenvalue weighted by Gasteiger charge is 2.29. The van der Waals surface area contributed by atoms with Crippen LogP contribution < -0.4 is 9.47 Å². The van der Waals surface area contributed by atoms with Gasteiger partial charge in [-0.1, -0.05) is 0 Å². The van der Waals surface area contributed by atoms with E-state index in [1.54, 1.807) is 0 Å². The minimum atomic E-state index is -4.53. The fourth-order valence-corrected chi connectivity index (χ4v) is 0.772. The molecule has 15 heavy (non-hydrogen) atoms. The van der Waals surface area contributed by atoms with Crippen LogP contribution >= 0.6 is 0 Å². The summed E-state index contributed by atoms with van der Waals surface area (Å²) in [5.41, 5.74) is 0. The molecule has 0 aliphatic rings. The first-order chi connectivity index (χ1) is 6.92. The number of hydrogen-bond donors (Lipinski definition) is 0. The number of ether oxygens (including phenoxy) is 2. The Bertz CT molecular complexity index is 340. The second-order valence-corrected chi connectivity index (χ2v) is 2.54. The molecule has 1 aromatic heterocycles. The lowest BCUT2D eigenvalue weighted by molar-refractivity contribution is -0.154. The largest absolute Gasteiger partial charge is 0.481 e. The van der Waals surface area contributed by atoms with Crippen LogP contribution in [0.1, 0.15) is 0 Å². The van der Waals surface area contributed by atoms with E-state index in [0.29, 0.717) is 0 Å². The highest BCUT2D eigenvalue weighted by atomic mass is 19.4. The monoisotopic (exact) mass is 225 g/mol. The van der Waals surface area contributed by atoms with Crippen molar-refractivity contribution in [3.8, 4) is 11.8 Å². The SMILES string of the molecule is COc1ccc(F)c(OCC(F)(F)F)n1. The molecule has 0 bridgehead atoms.